The van der Waals surface area contributed by atoms with Gasteiger partial charge in [0.25, 0.3) is 5.91 Å². The van der Waals surface area contributed by atoms with Crippen molar-refractivity contribution in [2.24, 2.45) is 17.8 Å². The summed E-state index contributed by atoms with van der Waals surface area (Å²) in [6, 6.07) is 3.61. The van der Waals surface area contributed by atoms with Crippen LogP contribution in [0.1, 0.15) is 23.2 Å². The Morgan fingerprint density at radius 3 is 2.42 bits per heavy atom. The van der Waals surface area contributed by atoms with Gasteiger partial charge in [0.2, 0.25) is 0 Å². The smallest absolute Gasteiger partial charge is 0.256 e. The average molecular weight is 368 g/mol. The van der Waals surface area contributed by atoms with Gasteiger partial charge >= 0.3 is 0 Å². The number of piperidine rings is 1. The lowest BCUT2D eigenvalue weighted by Gasteiger charge is -2.33. The van der Waals surface area contributed by atoms with Crippen molar-refractivity contribution < 1.29 is 23.8 Å². The molecule has 0 unspecified atom stereocenters. The van der Waals surface area contributed by atoms with Crippen LogP contribution in [0, 0.1) is 29.4 Å². The first kappa shape index (κ1) is 19.2. The lowest BCUT2D eigenvalue weighted by atomic mass is 9.93. The van der Waals surface area contributed by atoms with E-state index in [-0.39, 0.29) is 30.6 Å². The van der Waals surface area contributed by atoms with Gasteiger partial charge in [0, 0.05) is 38.8 Å². The Morgan fingerprint density at radius 1 is 1.08 bits per heavy atom. The number of aliphatic hydroxyl groups excluding tert-OH is 2. The van der Waals surface area contributed by atoms with Gasteiger partial charge in [0.15, 0.2) is 11.6 Å². The number of amides is 1. The van der Waals surface area contributed by atoms with Gasteiger partial charge in [-0.25, -0.2) is 8.78 Å². The van der Waals surface area contributed by atoms with Crippen molar-refractivity contribution in [3.63, 3.8) is 0 Å². The van der Waals surface area contributed by atoms with Gasteiger partial charge in [-0.1, -0.05) is 6.07 Å². The van der Waals surface area contributed by atoms with Crippen LogP contribution in [-0.4, -0.2) is 71.9 Å². The summed E-state index contributed by atoms with van der Waals surface area (Å²) in [5.74, 6) is -2.28. The Morgan fingerprint density at radius 2 is 1.77 bits per heavy atom. The van der Waals surface area contributed by atoms with Gasteiger partial charge in [-0.15, -0.1) is 0 Å². The Labute approximate surface area is 152 Å². The molecule has 1 amide bonds. The van der Waals surface area contributed by atoms with E-state index in [1.54, 1.807) is 0 Å². The van der Waals surface area contributed by atoms with Crippen molar-refractivity contribution in [1.29, 1.82) is 0 Å². The molecule has 1 aromatic carbocycles. The molecule has 26 heavy (non-hydrogen) atoms. The fourth-order valence-corrected chi connectivity index (χ4v) is 4.04. The zero-order valence-corrected chi connectivity index (χ0v) is 14.8. The second kappa shape index (κ2) is 8.41. The molecule has 5 nitrogen and oxygen atoms in total. The van der Waals surface area contributed by atoms with Crippen molar-refractivity contribution in [1.82, 2.24) is 9.80 Å². The van der Waals surface area contributed by atoms with Crippen LogP contribution >= 0.6 is 0 Å². The number of benzene rings is 1. The number of aliphatic hydroxyl groups is 2. The summed E-state index contributed by atoms with van der Waals surface area (Å²) < 4.78 is 27.3. The van der Waals surface area contributed by atoms with Crippen molar-refractivity contribution in [3.05, 3.63) is 35.4 Å². The van der Waals surface area contributed by atoms with E-state index in [9.17, 15) is 23.8 Å². The number of carbonyl (C=O) groups excluding carboxylic acids is 1. The molecule has 3 rings (SSSR count). The molecule has 0 saturated carbocycles. The van der Waals surface area contributed by atoms with E-state index in [1.807, 2.05) is 0 Å². The first-order valence-electron chi connectivity index (χ1n) is 9.20. The molecule has 2 N–H and O–H groups in total. The summed E-state index contributed by atoms with van der Waals surface area (Å²) in [6.07, 6.45) is 1.90. The lowest BCUT2D eigenvalue weighted by Crippen LogP contribution is -2.40. The predicted octanol–water partition coefficient (Wildman–Crippen LogP) is 1.35. The van der Waals surface area contributed by atoms with E-state index in [2.05, 4.69) is 4.90 Å². The number of nitrogens with zero attached hydrogens (tertiary/aromatic N) is 2. The van der Waals surface area contributed by atoms with E-state index >= 15 is 0 Å². The van der Waals surface area contributed by atoms with Crippen LogP contribution in [0.3, 0.4) is 0 Å². The van der Waals surface area contributed by atoms with E-state index in [4.69, 9.17) is 0 Å². The highest BCUT2D eigenvalue weighted by Crippen LogP contribution is 2.28. The molecule has 2 heterocycles. The minimum absolute atomic E-state index is 0.0345. The molecular formula is C19H26F2N2O3. The van der Waals surface area contributed by atoms with Crippen LogP contribution in [-0.2, 0) is 0 Å². The molecular weight excluding hydrogens is 342 g/mol. The topological polar surface area (TPSA) is 64.0 Å². The summed E-state index contributed by atoms with van der Waals surface area (Å²) in [6.45, 7) is 3.52. The first-order valence-corrected chi connectivity index (χ1v) is 9.20. The van der Waals surface area contributed by atoms with Gasteiger partial charge in [-0.05, 0) is 49.9 Å². The predicted molar refractivity (Wildman–Crippen MR) is 92.6 cm³/mol. The summed E-state index contributed by atoms with van der Waals surface area (Å²) in [5, 5.41) is 18.9. The Kier molecular flexibility index (Phi) is 6.21. The number of halogens is 2. The molecule has 0 bridgehead atoms. The van der Waals surface area contributed by atoms with Crippen molar-refractivity contribution in [3.8, 4) is 0 Å². The second-order valence-corrected chi connectivity index (χ2v) is 7.44. The third-order valence-electron chi connectivity index (χ3n) is 5.74. The van der Waals surface area contributed by atoms with Gasteiger partial charge in [-0.2, -0.15) is 0 Å². The van der Waals surface area contributed by atoms with Crippen LogP contribution in [0.15, 0.2) is 18.2 Å². The monoisotopic (exact) mass is 368 g/mol. The largest absolute Gasteiger partial charge is 0.396 e. The van der Waals surface area contributed by atoms with E-state index in [1.165, 1.54) is 17.0 Å². The normalized spacial score (nSPS) is 25.0. The van der Waals surface area contributed by atoms with Crippen LogP contribution < -0.4 is 0 Å². The zero-order chi connectivity index (χ0) is 18.7. The number of hydrogen-bond acceptors (Lipinski definition) is 4. The molecule has 2 fully saturated rings. The summed E-state index contributed by atoms with van der Waals surface area (Å²) in [7, 11) is 0. The molecule has 0 aromatic heterocycles. The Bertz CT molecular complexity index is 635. The highest BCUT2D eigenvalue weighted by molar-refractivity contribution is 5.94. The fourth-order valence-electron chi connectivity index (χ4n) is 4.04. The SMILES string of the molecule is O=C(c1cccc(F)c1F)N1C[C@@H](CN2CCC(CO)CC2)[C@@H](CO)C1. The number of carbonyl (C=O) groups is 1. The highest BCUT2D eigenvalue weighted by atomic mass is 19.2. The minimum atomic E-state index is -1.12. The quantitative estimate of drug-likeness (QED) is 0.824. The van der Waals surface area contributed by atoms with Gasteiger partial charge in [0.05, 0.1) is 5.56 Å². The standard InChI is InChI=1S/C19H26F2N2O3/c20-17-3-1-2-16(18(17)21)19(26)23-9-14(15(10-23)12-25)8-22-6-4-13(11-24)5-7-22/h1-3,13-15,24-25H,4-12H2/t14-,15-/m1/s1. The lowest BCUT2D eigenvalue weighted by molar-refractivity contribution is 0.0770. The molecule has 2 saturated heterocycles. The third kappa shape index (κ3) is 4.05. The molecule has 0 spiro atoms. The second-order valence-electron chi connectivity index (χ2n) is 7.44. The molecule has 2 atom stereocenters. The van der Waals surface area contributed by atoms with Crippen LogP contribution in [0.2, 0.25) is 0 Å². The number of rotatable bonds is 5. The Hall–Kier alpha value is -1.57. The van der Waals surface area contributed by atoms with Crippen molar-refractivity contribution in [2.45, 2.75) is 12.8 Å². The maximum atomic E-state index is 13.9. The van der Waals surface area contributed by atoms with Crippen LogP contribution in [0.4, 0.5) is 8.78 Å². The molecule has 0 radical (unpaired) electrons. The van der Waals surface area contributed by atoms with Crippen LogP contribution in [0.25, 0.3) is 0 Å². The zero-order valence-electron chi connectivity index (χ0n) is 14.8. The molecule has 2 aliphatic heterocycles. The van der Waals surface area contributed by atoms with Gasteiger partial charge in [-0.3, -0.25) is 4.79 Å². The summed E-state index contributed by atoms with van der Waals surface area (Å²) in [5.41, 5.74) is -0.258. The van der Waals surface area contributed by atoms with Gasteiger partial charge < -0.3 is 20.0 Å². The number of likely N-dealkylation sites (tertiary alicyclic amines) is 2. The Balaban J connectivity index is 1.63. The van der Waals surface area contributed by atoms with E-state index in [0.29, 0.717) is 19.0 Å². The molecule has 144 valence electrons. The average Bonchev–Trinajstić information content (AvgIpc) is 3.07. The third-order valence-corrected chi connectivity index (χ3v) is 5.74. The fraction of sp³-hybridized carbons (Fsp3) is 0.632. The molecule has 7 heteroatoms. The van der Waals surface area contributed by atoms with Crippen molar-refractivity contribution in [2.75, 3.05) is 45.9 Å². The maximum absolute atomic E-state index is 13.9. The summed E-state index contributed by atoms with van der Waals surface area (Å²) in [4.78, 5) is 16.4. The first-order chi connectivity index (χ1) is 12.5. The molecule has 1 aromatic rings. The minimum Gasteiger partial charge on any atom is -0.396 e. The van der Waals surface area contributed by atoms with Crippen molar-refractivity contribution >= 4 is 5.91 Å². The molecule has 2 aliphatic rings. The van der Waals surface area contributed by atoms with E-state index in [0.717, 1.165) is 38.5 Å². The number of hydrogen-bond donors (Lipinski definition) is 2. The van der Waals surface area contributed by atoms with Gasteiger partial charge in [0.1, 0.15) is 0 Å². The summed E-state index contributed by atoms with van der Waals surface area (Å²) >= 11 is 0. The van der Waals surface area contributed by atoms with Crippen LogP contribution in [0.5, 0.6) is 0 Å². The maximum Gasteiger partial charge on any atom is 0.256 e. The highest BCUT2D eigenvalue weighted by Gasteiger charge is 2.37. The molecule has 0 aliphatic carbocycles. The van der Waals surface area contributed by atoms with E-state index < -0.39 is 17.5 Å².